The van der Waals surface area contributed by atoms with Crippen molar-refractivity contribution in [1.82, 2.24) is 10.2 Å². The minimum absolute atomic E-state index is 0.109. The maximum absolute atomic E-state index is 12.0. The Kier molecular flexibility index (Phi) is 3.75. The molecule has 106 valence electrons. The van der Waals surface area contributed by atoms with Crippen molar-refractivity contribution in [2.45, 2.75) is 31.7 Å². The van der Waals surface area contributed by atoms with Crippen molar-refractivity contribution in [3.8, 4) is 0 Å². The number of nitrogens with zero attached hydrogens (tertiary/aromatic N) is 2. The van der Waals surface area contributed by atoms with Crippen molar-refractivity contribution in [3.05, 3.63) is 0 Å². The Bertz CT molecular complexity index is 417. The van der Waals surface area contributed by atoms with E-state index in [0.717, 1.165) is 12.8 Å². The Hall–Kier alpha value is -1.63. The molecule has 2 rings (SSSR count). The molecule has 2 N–H and O–H groups in total. The van der Waals surface area contributed by atoms with Crippen LogP contribution in [0, 0.1) is 5.92 Å². The first-order chi connectivity index (χ1) is 8.92. The monoisotopic (exact) mass is 269 g/mol. The molecular formula is C12H19N3O4. The fourth-order valence-electron chi connectivity index (χ4n) is 2.66. The highest BCUT2D eigenvalue weighted by atomic mass is 16.5. The molecule has 1 saturated heterocycles. The number of guanidine groups is 1. The van der Waals surface area contributed by atoms with Gasteiger partial charge in [0.15, 0.2) is 0 Å². The zero-order valence-electron chi connectivity index (χ0n) is 11.2. The van der Waals surface area contributed by atoms with E-state index in [-0.39, 0.29) is 17.8 Å². The number of carbonyl (C=O) groups is 2. The summed E-state index contributed by atoms with van der Waals surface area (Å²) < 4.78 is 5.32. The molecule has 0 aromatic carbocycles. The number of hydrogen-bond donors (Lipinski definition) is 2. The van der Waals surface area contributed by atoms with Crippen molar-refractivity contribution in [2.75, 3.05) is 20.3 Å². The first-order valence-corrected chi connectivity index (χ1v) is 6.36. The third-order valence-electron chi connectivity index (χ3n) is 3.88. The van der Waals surface area contributed by atoms with Gasteiger partial charge in [0.05, 0.1) is 12.0 Å². The highest BCUT2D eigenvalue weighted by Crippen LogP contribution is 2.35. The van der Waals surface area contributed by atoms with E-state index in [0.29, 0.717) is 19.6 Å². The molecule has 0 aliphatic carbocycles. The molecule has 1 unspecified atom stereocenters. The lowest BCUT2D eigenvalue weighted by Gasteiger charge is -2.41. The topological polar surface area (TPSA) is 91.2 Å². The number of hydrogen-bond acceptors (Lipinski definition) is 4. The van der Waals surface area contributed by atoms with Crippen LogP contribution in [0.2, 0.25) is 0 Å². The molecule has 7 heteroatoms. The van der Waals surface area contributed by atoms with E-state index >= 15 is 0 Å². The number of carbonyl (C=O) groups excluding carboxylic acids is 1. The second kappa shape index (κ2) is 5.16. The summed E-state index contributed by atoms with van der Waals surface area (Å²) in [5.74, 6) is 0.231. The van der Waals surface area contributed by atoms with Crippen molar-refractivity contribution in [1.29, 1.82) is 0 Å². The minimum atomic E-state index is -1.21. The molecule has 1 fully saturated rings. The van der Waals surface area contributed by atoms with Gasteiger partial charge in [0.25, 0.3) is 0 Å². The summed E-state index contributed by atoms with van der Waals surface area (Å²) in [6.45, 7) is 3.25. The van der Waals surface area contributed by atoms with E-state index in [2.05, 4.69) is 10.3 Å². The molecule has 0 aromatic heterocycles. The lowest BCUT2D eigenvalue weighted by atomic mass is 9.77. The van der Waals surface area contributed by atoms with Gasteiger partial charge in [0, 0.05) is 20.3 Å². The van der Waals surface area contributed by atoms with E-state index < -0.39 is 11.6 Å². The lowest BCUT2D eigenvalue weighted by molar-refractivity contribution is -0.129. The Labute approximate surface area is 111 Å². The van der Waals surface area contributed by atoms with Crippen LogP contribution in [0.3, 0.4) is 0 Å². The maximum atomic E-state index is 12.0. The molecule has 0 saturated carbocycles. The van der Waals surface area contributed by atoms with Crippen LogP contribution in [0.15, 0.2) is 4.99 Å². The van der Waals surface area contributed by atoms with Gasteiger partial charge in [-0.25, -0.2) is 9.79 Å². The average molecular weight is 269 g/mol. The van der Waals surface area contributed by atoms with Gasteiger partial charge in [-0.1, -0.05) is 0 Å². The molecule has 2 amide bonds. The predicted octanol–water partition coefficient (Wildman–Crippen LogP) is 0.657. The molecule has 0 spiro atoms. The first-order valence-electron chi connectivity index (χ1n) is 6.36. The van der Waals surface area contributed by atoms with Crippen molar-refractivity contribution < 1.29 is 19.4 Å². The van der Waals surface area contributed by atoms with Gasteiger partial charge in [0.1, 0.15) is 0 Å². The fraction of sp³-hybridized carbons (Fsp3) is 0.750. The van der Waals surface area contributed by atoms with Gasteiger partial charge >= 0.3 is 6.09 Å². The van der Waals surface area contributed by atoms with Crippen LogP contribution in [-0.2, 0) is 9.53 Å². The number of nitrogens with one attached hydrogen (secondary N) is 1. The van der Waals surface area contributed by atoms with E-state index in [1.54, 1.807) is 0 Å². The predicted molar refractivity (Wildman–Crippen MR) is 67.9 cm³/mol. The van der Waals surface area contributed by atoms with Crippen molar-refractivity contribution >= 4 is 18.0 Å². The average Bonchev–Trinajstić information content (AvgIpc) is 2.36. The Balaban J connectivity index is 2.25. The molecular weight excluding hydrogens is 250 g/mol. The van der Waals surface area contributed by atoms with Gasteiger partial charge in [-0.2, -0.15) is 0 Å². The largest absolute Gasteiger partial charge is 0.465 e. The lowest BCUT2D eigenvalue weighted by Crippen LogP contribution is -2.54. The molecule has 0 aromatic rings. The second-order valence-corrected chi connectivity index (χ2v) is 5.24. The molecule has 19 heavy (non-hydrogen) atoms. The van der Waals surface area contributed by atoms with E-state index in [1.165, 1.54) is 11.9 Å². The number of amides is 2. The van der Waals surface area contributed by atoms with E-state index in [4.69, 9.17) is 9.84 Å². The quantitative estimate of drug-likeness (QED) is 0.731. The zero-order chi connectivity index (χ0) is 14.0. The third-order valence-corrected chi connectivity index (χ3v) is 3.88. The van der Waals surface area contributed by atoms with Crippen LogP contribution in [0.4, 0.5) is 4.79 Å². The van der Waals surface area contributed by atoms with Crippen LogP contribution in [0.1, 0.15) is 26.2 Å². The summed E-state index contributed by atoms with van der Waals surface area (Å²) in [4.78, 5) is 28.5. The maximum Gasteiger partial charge on any atom is 0.411 e. The van der Waals surface area contributed by atoms with Crippen LogP contribution in [0.5, 0.6) is 0 Å². The van der Waals surface area contributed by atoms with Crippen LogP contribution in [-0.4, -0.2) is 53.8 Å². The highest BCUT2D eigenvalue weighted by molar-refractivity contribution is 6.04. The molecule has 2 aliphatic rings. The molecule has 2 heterocycles. The molecule has 0 radical (unpaired) electrons. The van der Waals surface area contributed by atoms with E-state index in [1.807, 2.05) is 6.92 Å². The summed E-state index contributed by atoms with van der Waals surface area (Å²) in [5.41, 5.74) is -0.550. The first kappa shape index (κ1) is 13.8. The minimum Gasteiger partial charge on any atom is -0.465 e. The Morgan fingerprint density at radius 3 is 2.74 bits per heavy atom. The second-order valence-electron chi connectivity index (χ2n) is 5.24. The molecule has 0 bridgehead atoms. The van der Waals surface area contributed by atoms with Gasteiger partial charge in [0.2, 0.25) is 11.9 Å². The summed E-state index contributed by atoms with van der Waals surface area (Å²) in [5, 5.41) is 11.0. The van der Waals surface area contributed by atoms with Gasteiger partial charge in [-0.05, 0) is 25.7 Å². The van der Waals surface area contributed by atoms with E-state index in [9.17, 15) is 9.59 Å². The van der Waals surface area contributed by atoms with Crippen molar-refractivity contribution in [2.24, 2.45) is 10.9 Å². The van der Waals surface area contributed by atoms with Crippen molar-refractivity contribution in [3.63, 3.8) is 0 Å². The molecule has 1 atom stereocenters. The molecule has 7 nitrogen and oxygen atoms in total. The number of carboxylic acid groups (broad SMARTS) is 1. The number of rotatable bonds is 1. The summed E-state index contributed by atoms with van der Waals surface area (Å²) in [6, 6.07) is 0. The normalized spacial score (nSPS) is 29.1. The smallest absolute Gasteiger partial charge is 0.411 e. The fourth-order valence-corrected chi connectivity index (χ4v) is 2.66. The third kappa shape index (κ3) is 2.86. The highest BCUT2D eigenvalue weighted by Gasteiger charge is 2.42. The zero-order valence-corrected chi connectivity index (χ0v) is 11.2. The van der Waals surface area contributed by atoms with Gasteiger partial charge in [-0.3, -0.25) is 15.0 Å². The van der Waals surface area contributed by atoms with Gasteiger partial charge < -0.3 is 9.84 Å². The summed E-state index contributed by atoms with van der Waals surface area (Å²) in [7, 11) is 1.53. The van der Waals surface area contributed by atoms with Crippen LogP contribution >= 0.6 is 0 Å². The SMILES string of the molecule is CN1C(=O)CC(C)(C2CCOCC2)N=C1NC(=O)O. The number of aliphatic imine (C=N–C) groups is 1. The number of ether oxygens (including phenoxy) is 1. The van der Waals surface area contributed by atoms with Gasteiger partial charge in [-0.15, -0.1) is 0 Å². The summed E-state index contributed by atoms with van der Waals surface area (Å²) >= 11 is 0. The summed E-state index contributed by atoms with van der Waals surface area (Å²) in [6.07, 6.45) is 0.780. The Morgan fingerprint density at radius 2 is 2.16 bits per heavy atom. The van der Waals surface area contributed by atoms with Crippen LogP contribution < -0.4 is 5.32 Å². The standard InChI is InChI=1S/C12H19N3O4/c1-12(8-3-5-19-6-4-8)7-9(16)15(2)10(14-12)13-11(17)18/h8H,3-7H2,1-2H3,(H,13,14)(H,17,18). The van der Waals surface area contributed by atoms with Crippen LogP contribution in [0.25, 0.3) is 0 Å². The Morgan fingerprint density at radius 1 is 1.53 bits per heavy atom. The molecule has 2 aliphatic heterocycles.